The van der Waals surface area contributed by atoms with Gasteiger partial charge in [-0.05, 0) is 29.3 Å². The van der Waals surface area contributed by atoms with Crippen LogP contribution in [0.2, 0.25) is 0 Å². The summed E-state index contributed by atoms with van der Waals surface area (Å²) in [6.07, 6.45) is 1.68. The Morgan fingerprint density at radius 2 is 1.70 bits per heavy atom. The molecule has 6 heteroatoms. The molecule has 0 aliphatic heterocycles. The maximum atomic E-state index is 11.8. The Hall–Kier alpha value is -2.99. The van der Waals surface area contributed by atoms with Gasteiger partial charge in [-0.1, -0.05) is 24.3 Å². The maximum Gasteiger partial charge on any atom is 0.249 e. The standard InChI is InChI=1S/C17H13N3O2S/c18-15(21)11-6-4-10(5-7-11)12-2-1-3-13(16(19)22)14(12)17-20-8-9-23-17/h1-9H,(H2,18,21)(H2,19,22). The van der Waals surface area contributed by atoms with Gasteiger partial charge in [-0.25, -0.2) is 4.98 Å². The minimum Gasteiger partial charge on any atom is -0.366 e. The lowest BCUT2D eigenvalue weighted by molar-refractivity contribution is 0.0992. The Morgan fingerprint density at radius 3 is 2.26 bits per heavy atom. The number of carbonyl (C=O) groups is 2. The van der Waals surface area contributed by atoms with E-state index in [4.69, 9.17) is 11.5 Å². The molecule has 0 unspecified atom stereocenters. The molecule has 2 amide bonds. The fourth-order valence-electron chi connectivity index (χ4n) is 2.39. The van der Waals surface area contributed by atoms with Gasteiger partial charge in [0.15, 0.2) is 0 Å². The van der Waals surface area contributed by atoms with Crippen molar-refractivity contribution in [2.45, 2.75) is 0 Å². The number of hydrogen-bond donors (Lipinski definition) is 2. The quantitative estimate of drug-likeness (QED) is 0.772. The third-order valence-corrected chi connectivity index (χ3v) is 4.25. The smallest absolute Gasteiger partial charge is 0.249 e. The number of primary amides is 2. The molecule has 23 heavy (non-hydrogen) atoms. The van der Waals surface area contributed by atoms with Crippen molar-refractivity contribution in [3.8, 4) is 21.7 Å². The molecule has 0 bridgehead atoms. The van der Waals surface area contributed by atoms with Crippen molar-refractivity contribution in [2.24, 2.45) is 11.5 Å². The number of rotatable bonds is 4. The lowest BCUT2D eigenvalue weighted by Gasteiger charge is -2.11. The molecule has 5 nitrogen and oxygen atoms in total. The first-order valence-corrected chi connectivity index (χ1v) is 7.69. The first-order chi connectivity index (χ1) is 11.1. The predicted octanol–water partition coefficient (Wildman–Crippen LogP) is 2.67. The van der Waals surface area contributed by atoms with E-state index in [-0.39, 0.29) is 0 Å². The van der Waals surface area contributed by atoms with Crippen LogP contribution in [0.25, 0.3) is 21.7 Å². The number of thiazole rings is 1. The van der Waals surface area contributed by atoms with Gasteiger partial charge in [0.2, 0.25) is 11.8 Å². The van der Waals surface area contributed by atoms with Crippen LogP contribution in [0.1, 0.15) is 20.7 Å². The van der Waals surface area contributed by atoms with Gasteiger partial charge in [-0.2, -0.15) is 0 Å². The van der Waals surface area contributed by atoms with Crippen molar-refractivity contribution in [1.82, 2.24) is 4.98 Å². The van der Waals surface area contributed by atoms with Crippen molar-refractivity contribution in [3.63, 3.8) is 0 Å². The summed E-state index contributed by atoms with van der Waals surface area (Å²) < 4.78 is 0. The van der Waals surface area contributed by atoms with Crippen molar-refractivity contribution in [1.29, 1.82) is 0 Å². The molecule has 3 aromatic rings. The number of nitrogens with zero attached hydrogens (tertiary/aromatic N) is 1. The Morgan fingerprint density at radius 1 is 0.957 bits per heavy atom. The van der Waals surface area contributed by atoms with Crippen LogP contribution in [0.5, 0.6) is 0 Å². The Labute approximate surface area is 136 Å². The van der Waals surface area contributed by atoms with Crippen molar-refractivity contribution >= 4 is 23.2 Å². The average Bonchev–Trinajstić information content (AvgIpc) is 3.08. The highest BCUT2D eigenvalue weighted by Crippen LogP contribution is 2.36. The summed E-state index contributed by atoms with van der Waals surface area (Å²) in [7, 11) is 0. The second-order valence-corrected chi connectivity index (χ2v) is 5.77. The van der Waals surface area contributed by atoms with Crippen LogP contribution in [0, 0.1) is 0 Å². The summed E-state index contributed by atoms with van der Waals surface area (Å²) in [5.74, 6) is -0.992. The number of aromatic nitrogens is 1. The molecule has 0 saturated heterocycles. The first kappa shape index (κ1) is 14.9. The zero-order valence-electron chi connectivity index (χ0n) is 12.0. The van der Waals surface area contributed by atoms with E-state index in [1.54, 1.807) is 42.6 Å². The molecule has 1 aromatic heterocycles. The van der Waals surface area contributed by atoms with Gasteiger partial charge in [0.1, 0.15) is 5.01 Å². The lowest BCUT2D eigenvalue weighted by atomic mass is 9.94. The fraction of sp³-hybridized carbons (Fsp3) is 0. The third kappa shape index (κ3) is 2.84. The van der Waals surface area contributed by atoms with E-state index in [1.165, 1.54) is 11.3 Å². The highest BCUT2D eigenvalue weighted by molar-refractivity contribution is 7.13. The number of benzene rings is 2. The minimum absolute atomic E-state index is 0.413. The van der Waals surface area contributed by atoms with E-state index in [0.717, 1.165) is 11.1 Å². The molecule has 0 saturated carbocycles. The monoisotopic (exact) mass is 323 g/mol. The van der Waals surface area contributed by atoms with Gasteiger partial charge < -0.3 is 11.5 Å². The van der Waals surface area contributed by atoms with E-state index in [1.807, 2.05) is 11.4 Å². The predicted molar refractivity (Wildman–Crippen MR) is 90.0 cm³/mol. The molecule has 0 aliphatic carbocycles. The third-order valence-electron chi connectivity index (χ3n) is 3.46. The van der Waals surface area contributed by atoms with E-state index < -0.39 is 11.8 Å². The normalized spacial score (nSPS) is 10.4. The summed E-state index contributed by atoms with van der Waals surface area (Å²) in [6.45, 7) is 0. The van der Waals surface area contributed by atoms with Gasteiger partial charge in [0.25, 0.3) is 0 Å². The molecular weight excluding hydrogens is 310 g/mol. The van der Waals surface area contributed by atoms with Crippen molar-refractivity contribution in [2.75, 3.05) is 0 Å². The minimum atomic E-state index is -0.509. The molecule has 0 radical (unpaired) electrons. The SMILES string of the molecule is NC(=O)c1ccc(-c2cccc(C(N)=O)c2-c2nccs2)cc1. The second kappa shape index (κ2) is 6.02. The Balaban J connectivity index is 2.21. The fourth-order valence-corrected chi connectivity index (χ4v) is 3.10. The zero-order chi connectivity index (χ0) is 16.4. The van der Waals surface area contributed by atoms with Crippen LogP contribution in [0.4, 0.5) is 0 Å². The van der Waals surface area contributed by atoms with Crippen LogP contribution in [-0.4, -0.2) is 16.8 Å². The van der Waals surface area contributed by atoms with Gasteiger partial charge in [-0.3, -0.25) is 9.59 Å². The maximum absolute atomic E-state index is 11.8. The molecule has 4 N–H and O–H groups in total. The van der Waals surface area contributed by atoms with Crippen molar-refractivity contribution in [3.05, 3.63) is 65.2 Å². The Kier molecular flexibility index (Phi) is 3.91. The number of hydrogen-bond acceptors (Lipinski definition) is 4. The van der Waals surface area contributed by atoms with Gasteiger partial charge in [0.05, 0.1) is 0 Å². The largest absolute Gasteiger partial charge is 0.366 e. The molecule has 0 fully saturated rings. The number of amides is 2. The van der Waals surface area contributed by atoms with Gasteiger partial charge in [-0.15, -0.1) is 11.3 Å². The molecule has 1 heterocycles. The number of carbonyl (C=O) groups excluding carboxylic acids is 2. The highest BCUT2D eigenvalue weighted by Gasteiger charge is 2.17. The summed E-state index contributed by atoms with van der Waals surface area (Å²) >= 11 is 1.43. The molecule has 3 rings (SSSR count). The van der Waals surface area contributed by atoms with Crippen molar-refractivity contribution < 1.29 is 9.59 Å². The van der Waals surface area contributed by atoms with E-state index in [0.29, 0.717) is 21.7 Å². The van der Waals surface area contributed by atoms with Crippen LogP contribution in [0.3, 0.4) is 0 Å². The molecule has 0 spiro atoms. The molecule has 114 valence electrons. The summed E-state index contributed by atoms with van der Waals surface area (Å²) in [5, 5.41) is 2.56. The van der Waals surface area contributed by atoms with E-state index in [9.17, 15) is 9.59 Å². The summed E-state index contributed by atoms with van der Waals surface area (Å²) in [5.41, 5.74) is 14.0. The second-order valence-electron chi connectivity index (χ2n) is 4.87. The van der Waals surface area contributed by atoms with Crippen LogP contribution in [-0.2, 0) is 0 Å². The average molecular weight is 323 g/mol. The molecule has 0 atom stereocenters. The zero-order valence-corrected chi connectivity index (χ0v) is 12.8. The summed E-state index contributed by atoms with van der Waals surface area (Å²) in [4.78, 5) is 27.3. The number of nitrogens with two attached hydrogens (primary N) is 2. The van der Waals surface area contributed by atoms with Gasteiger partial charge >= 0.3 is 0 Å². The molecular formula is C17H13N3O2S. The Bertz CT molecular complexity index is 871. The van der Waals surface area contributed by atoms with Crippen LogP contribution >= 0.6 is 11.3 Å². The molecule has 0 aliphatic rings. The lowest BCUT2D eigenvalue weighted by Crippen LogP contribution is -2.13. The van der Waals surface area contributed by atoms with Crippen LogP contribution in [0.15, 0.2) is 54.0 Å². The van der Waals surface area contributed by atoms with E-state index in [2.05, 4.69) is 4.98 Å². The highest BCUT2D eigenvalue weighted by atomic mass is 32.1. The van der Waals surface area contributed by atoms with E-state index >= 15 is 0 Å². The van der Waals surface area contributed by atoms with Gasteiger partial charge in [0, 0.05) is 28.3 Å². The molecule has 2 aromatic carbocycles. The van der Waals surface area contributed by atoms with Crippen LogP contribution < -0.4 is 11.5 Å². The summed E-state index contributed by atoms with van der Waals surface area (Å²) in [6, 6.07) is 12.2. The first-order valence-electron chi connectivity index (χ1n) is 6.81. The topological polar surface area (TPSA) is 99.1 Å².